The molecule has 1 aliphatic rings. The number of hydrogen-bond acceptors (Lipinski definition) is 6. The first-order valence-electron chi connectivity index (χ1n) is 8.76. The van der Waals surface area contributed by atoms with Crippen LogP contribution < -0.4 is 5.32 Å². The number of anilines is 1. The number of alkyl halides is 3. The molecule has 2 aromatic heterocycles. The van der Waals surface area contributed by atoms with Crippen LogP contribution in [0.4, 0.5) is 18.3 Å². The number of rotatable bonds is 4. The van der Waals surface area contributed by atoms with Crippen LogP contribution in [-0.2, 0) is 5.60 Å². The number of benzene rings is 1. The SMILES string of the molecule is O[C@](c1cnc(NC2CCCCC2)s1)(c1nc2ccccc2s1)C(F)(F)F. The van der Waals surface area contributed by atoms with E-state index >= 15 is 0 Å². The highest BCUT2D eigenvalue weighted by Gasteiger charge is 2.59. The van der Waals surface area contributed by atoms with Crippen LogP contribution in [0.5, 0.6) is 0 Å². The summed E-state index contributed by atoms with van der Waals surface area (Å²) >= 11 is 1.69. The Kier molecular flexibility index (Phi) is 4.85. The van der Waals surface area contributed by atoms with E-state index in [1.165, 1.54) is 6.42 Å². The molecule has 4 rings (SSSR count). The predicted molar refractivity (Wildman–Crippen MR) is 101 cm³/mol. The molecule has 1 aliphatic carbocycles. The first kappa shape index (κ1) is 18.6. The molecule has 1 fully saturated rings. The fraction of sp³-hybridized carbons (Fsp3) is 0.444. The van der Waals surface area contributed by atoms with E-state index in [2.05, 4.69) is 15.3 Å². The van der Waals surface area contributed by atoms with E-state index in [1.54, 1.807) is 24.3 Å². The molecule has 9 heteroatoms. The Labute approximate surface area is 162 Å². The van der Waals surface area contributed by atoms with Gasteiger partial charge in [0.2, 0.25) is 5.60 Å². The number of nitrogens with one attached hydrogen (secondary N) is 1. The summed E-state index contributed by atoms with van der Waals surface area (Å²) in [5.74, 6) is 0. The van der Waals surface area contributed by atoms with E-state index in [-0.39, 0.29) is 15.9 Å². The summed E-state index contributed by atoms with van der Waals surface area (Å²) in [6.07, 6.45) is 1.56. The average molecular weight is 413 g/mol. The Morgan fingerprint density at radius 1 is 1.07 bits per heavy atom. The number of fused-ring (bicyclic) bond motifs is 1. The topological polar surface area (TPSA) is 58.0 Å². The molecule has 1 atom stereocenters. The molecular weight excluding hydrogens is 395 g/mol. The summed E-state index contributed by atoms with van der Waals surface area (Å²) in [4.78, 5) is 7.88. The third-order valence-electron chi connectivity index (χ3n) is 4.81. The fourth-order valence-electron chi connectivity index (χ4n) is 3.32. The van der Waals surface area contributed by atoms with Crippen LogP contribution in [0.3, 0.4) is 0 Å². The van der Waals surface area contributed by atoms with Crippen molar-refractivity contribution in [1.82, 2.24) is 9.97 Å². The van der Waals surface area contributed by atoms with Crippen LogP contribution in [0.15, 0.2) is 30.5 Å². The van der Waals surface area contributed by atoms with Gasteiger partial charge in [0.05, 0.1) is 15.1 Å². The summed E-state index contributed by atoms with van der Waals surface area (Å²) < 4.78 is 42.4. The van der Waals surface area contributed by atoms with Gasteiger partial charge >= 0.3 is 6.18 Å². The van der Waals surface area contributed by atoms with Gasteiger partial charge in [0.1, 0.15) is 5.01 Å². The van der Waals surface area contributed by atoms with Crippen LogP contribution in [0, 0.1) is 0 Å². The van der Waals surface area contributed by atoms with Gasteiger partial charge in [-0.15, -0.1) is 11.3 Å². The number of hydrogen-bond donors (Lipinski definition) is 2. The smallest absolute Gasteiger partial charge is 0.370 e. The van der Waals surface area contributed by atoms with Crippen molar-refractivity contribution in [2.45, 2.75) is 49.9 Å². The molecule has 27 heavy (non-hydrogen) atoms. The molecule has 0 unspecified atom stereocenters. The zero-order valence-electron chi connectivity index (χ0n) is 14.3. The Hall–Kier alpha value is -1.71. The van der Waals surface area contributed by atoms with Crippen LogP contribution in [-0.4, -0.2) is 27.3 Å². The molecule has 0 spiro atoms. The molecule has 2 heterocycles. The monoisotopic (exact) mass is 413 g/mol. The van der Waals surface area contributed by atoms with Crippen molar-refractivity contribution in [2.24, 2.45) is 0 Å². The highest BCUT2D eigenvalue weighted by atomic mass is 32.1. The van der Waals surface area contributed by atoms with Crippen LogP contribution >= 0.6 is 22.7 Å². The maximum Gasteiger partial charge on any atom is 0.429 e. The Morgan fingerprint density at radius 3 is 2.52 bits per heavy atom. The molecule has 0 saturated heterocycles. The van der Waals surface area contributed by atoms with E-state index in [0.717, 1.165) is 54.6 Å². The van der Waals surface area contributed by atoms with Gasteiger partial charge in [-0.1, -0.05) is 42.7 Å². The van der Waals surface area contributed by atoms with E-state index in [0.29, 0.717) is 15.3 Å². The molecule has 0 bridgehead atoms. The molecule has 0 aliphatic heterocycles. The van der Waals surface area contributed by atoms with Gasteiger partial charge in [0, 0.05) is 12.2 Å². The molecule has 0 amide bonds. The molecule has 1 saturated carbocycles. The number of nitrogens with zero attached hydrogens (tertiary/aromatic N) is 2. The predicted octanol–water partition coefficient (Wildman–Crippen LogP) is 5.30. The summed E-state index contributed by atoms with van der Waals surface area (Å²) in [6, 6.07) is 6.98. The minimum Gasteiger partial charge on any atom is -0.370 e. The molecular formula is C18H18F3N3OS2. The lowest BCUT2D eigenvalue weighted by molar-refractivity contribution is -0.247. The first-order valence-corrected chi connectivity index (χ1v) is 10.4. The van der Waals surface area contributed by atoms with Gasteiger partial charge in [-0.25, -0.2) is 9.97 Å². The lowest BCUT2D eigenvalue weighted by Gasteiger charge is -2.27. The van der Waals surface area contributed by atoms with Crippen LogP contribution in [0.2, 0.25) is 0 Å². The van der Waals surface area contributed by atoms with Gasteiger partial charge in [-0.2, -0.15) is 13.2 Å². The summed E-state index contributed by atoms with van der Waals surface area (Å²) in [6.45, 7) is 0. The van der Waals surface area contributed by atoms with E-state index in [9.17, 15) is 18.3 Å². The second kappa shape index (κ2) is 7.03. The largest absolute Gasteiger partial charge is 0.429 e. The van der Waals surface area contributed by atoms with Crippen molar-refractivity contribution in [3.05, 3.63) is 40.3 Å². The quantitative estimate of drug-likeness (QED) is 0.610. The molecule has 1 aromatic carbocycles. The lowest BCUT2D eigenvalue weighted by Crippen LogP contribution is -2.42. The third kappa shape index (κ3) is 3.43. The van der Waals surface area contributed by atoms with Crippen molar-refractivity contribution >= 4 is 38.0 Å². The number of thiazole rings is 2. The van der Waals surface area contributed by atoms with Crippen LogP contribution in [0.1, 0.15) is 42.0 Å². The molecule has 4 nitrogen and oxygen atoms in total. The van der Waals surface area contributed by atoms with Gasteiger partial charge in [0.25, 0.3) is 0 Å². The van der Waals surface area contributed by atoms with Crippen molar-refractivity contribution in [1.29, 1.82) is 0 Å². The minimum absolute atomic E-state index is 0.221. The number of halogens is 3. The molecule has 3 aromatic rings. The lowest BCUT2D eigenvalue weighted by atomic mass is 9.96. The Bertz CT molecular complexity index is 900. The zero-order valence-corrected chi connectivity index (χ0v) is 15.9. The maximum absolute atomic E-state index is 13.9. The Balaban J connectivity index is 1.70. The van der Waals surface area contributed by atoms with E-state index in [4.69, 9.17) is 0 Å². The standard InChI is InChI=1S/C18H18F3N3OS2/c19-18(20,21)17(25,15-24-12-8-4-5-9-13(12)26-15)14-10-22-16(27-14)23-11-6-2-1-3-7-11/h4-5,8-11,25H,1-3,6-7H2,(H,22,23)/t17-/m1/s1. The van der Waals surface area contributed by atoms with Crippen molar-refractivity contribution < 1.29 is 18.3 Å². The van der Waals surface area contributed by atoms with Crippen LogP contribution in [0.25, 0.3) is 10.2 Å². The van der Waals surface area contributed by atoms with Crippen molar-refractivity contribution in [3.63, 3.8) is 0 Å². The molecule has 0 radical (unpaired) electrons. The highest BCUT2D eigenvalue weighted by molar-refractivity contribution is 7.19. The normalized spacial score (nSPS) is 18.5. The van der Waals surface area contributed by atoms with E-state index < -0.39 is 11.8 Å². The summed E-state index contributed by atoms with van der Waals surface area (Å²) in [7, 11) is 0. The minimum atomic E-state index is -4.91. The molecule has 2 N–H and O–H groups in total. The van der Waals surface area contributed by atoms with Gasteiger partial charge < -0.3 is 10.4 Å². The van der Waals surface area contributed by atoms with Gasteiger partial charge in [0.15, 0.2) is 5.13 Å². The third-order valence-corrected chi connectivity index (χ3v) is 6.99. The molecule has 144 valence electrons. The second-order valence-electron chi connectivity index (χ2n) is 6.70. The fourth-order valence-corrected chi connectivity index (χ4v) is 5.48. The number of aromatic nitrogens is 2. The van der Waals surface area contributed by atoms with Crippen molar-refractivity contribution in [2.75, 3.05) is 5.32 Å². The number of para-hydroxylation sites is 1. The Morgan fingerprint density at radius 2 is 1.81 bits per heavy atom. The van der Waals surface area contributed by atoms with Crippen molar-refractivity contribution in [3.8, 4) is 0 Å². The second-order valence-corrected chi connectivity index (χ2v) is 8.77. The van der Waals surface area contributed by atoms with E-state index in [1.807, 2.05) is 0 Å². The van der Waals surface area contributed by atoms with Gasteiger partial charge in [-0.05, 0) is 25.0 Å². The maximum atomic E-state index is 13.9. The van der Waals surface area contributed by atoms with Gasteiger partial charge in [-0.3, -0.25) is 0 Å². The average Bonchev–Trinajstić information content (AvgIpc) is 3.28. The summed E-state index contributed by atoms with van der Waals surface area (Å²) in [5, 5.41) is 14.0. The first-order chi connectivity index (χ1) is 12.9. The number of aliphatic hydroxyl groups is 1. The highest BCUT2D eigenvalue weighted by Crippen LogP contribution is 2.48. The zero-order chi connectivity index (χ0) is 19.1. The summed E-state index contributed by atoms with van der Waals surface area (Å²) in [5.41, 5.74) is -2.73.